The molecule has 1 aromatic heterocycles. The third kappa shape index (κ3) is 3.28. The molecule has 0 aliphatic rings. The number of benzene rings is 1. The van der Waals surface area contributed by atoms with Crippen LogP contribution < -0.4 is 5.32 Å². The van der Waals surface area contributed by atoms with Crippen molar-refractivity contribution in [2.75, 3.05) is 11.2 Å². The Kier molecular flexibility index (Phi) is 4.48. The molecule has 0 bridgehead atoms. The lowest BCUT2D eigenvalue weighted by Crippen LogP contribution is -2.34. The number of rotatable bonds is 4. The second kappa shape index (κ2) is 5.93. The van der Waals surface area contributed by atoms with Crippen molar-refractivity contribution >= 4 is 33.3 Å². The van der Waals surface area contributed by atoms with Crippen molar-refractivity contribution in [3.8, 4) is 0 Å². The third-order valence-corrected chi connectivity index (χ3v) is 4.09. The summed E-state index contributed by atoms with van der Waals surface area (Å²) in [6.45, 7) is 4.11. The summed E-state index contributed by atoms with van der Waals surface area (Å²) in [5.74, 6) is 1.32. The largest absolute Gasteiger partial charge is 0.359 e. The molecule has 0 aliphatic heterocycles. The molecule has 0 fully saturated rings. The molecule has 100 valence electrons. The van der Waals surface area contributed by atoms with Gasteiger partial charge in [0.15, 0.2) is 0 Å². The van der Waals surface area contributed by atoms with E-state index in [-0.39, 0.29) is 5.54 Å². The highest BCUT2D eigenvalue weighted by Gasteiger charge is 2.26. The number of anilines is 1. The highest BCUT2D eigenvalue weighted by atomic mass is 79.9. The maximum atomic E-state index is 6.18. The average molecular weight is 340 g/mol. The third-order valence-electron chi connectivity index (χ3n) is 3.12. The molecule has 0 saturated heterocycles. The number of pyridine rings is 1. The first-order valence-corrected chi connectivity index (χ1v) is 7.40. The van der Waals surface area contributed by atoms with E-state index in [1.165, 1.54) is 0 Å². The molecule has 2 nitrogen and oxygen atoms in total. The minimum atomic E-state index is -0.339. The predicted molar refractivity (Wildman–Crippen MR) is 84.8 cm³/mol. The molecule has 0 radical (unpaired) electrons. The van der Waals surface area contributed by atoms with Gasteiger partial charge in [-0.25, -0.2) is 4.98 Å². The maximum absolute atomic E-state index is 6.18. The van der Waals surface area contributed by atoms with Gasteiger partial charge in [0.25, 0.3) is 0 Å². The van der Waals surface area contributed by atoms with E-state index in [4.69, 9.17) is 11.6 Å². The minimum Gasteiger partial charge on any atom is -0.359 e. The second-order valence-corrected chi connectivity index (χ2v) is 5.96. The van der Waals surface area contributed by atoms with Crippen molar-refractivity contribution in [2.24, 2.45) is 0 Å². The molecule has 1 unspecified atom stereocenters. The van der Waals surface area contributed by atoms with Gasteiger partial charge in [-0.3, -0.25) is 0 Å². The smallest absolute Gasteiger partial charge is 0.129 e. The lowest BCUT2D eigenvalue weighted by atomic mass is 9.94. The van der Waals surface area contributed by atoms with Crippen molar-refractivity contribution in [1.82, 2.24) is 4.98 Å². The van der Waals surface area contributed by atoms with Crippen LogP contribution in [-0.4, -0.2) is 10.9 Å². The Hall–Kier alpha value is -1.06. The lowest BCUT2D eigenvalue weighted by molar-refractivity contribution is 0.613. The van der Waals surface area contributed by atoms with E-state index in [0.29, 0.717) is 5.88 Å². The number of alkyl halides is 1. The molecule has 1 atom stereocenters. The number of hydrogen-bond acceptors (Lipinski definition) is 2. The van der Waals surface area contributed by atoms with Gasteiger partial charge in [0, 0.05) is 16.5 Å². The first-order chi connectivity index (χ1) is 9.05. The van der Waals surface area contributed by atoms with E-state index < -0.39 is 0 Å². The molecule has 4 heteroatoms. The Balaban J connectivity index is 2.33. The first-order valence-electron chi connectivity index (χ1n) is 6.07. The molecule has 1 aromatic carbocycles. The lowest BCUT2D eigenvalue weighted by Gasteiger charge is -2.30. The standard InChI is InChI=1S/C15H16BrClN2/c1-11-8-13(16)9-18-14(11)19-15(2,10-17)12-6-4-3-5-7-12/h3-9H,10H2,1-2H3,(H,18,19). The fourth-order valence-electron chi connectivity index (χ4n) is 1.92. The van der Waals surface area contributed by atoms with E-state index in [2.05, 4.69) is 45.3 Å². The van der Waals surface area contributed by atoms with Gasteiger partial charge < -0.3 is 5.32 Å². The van der Waals surface area contributed by atoms with Gasteiger partial charge in [-0.1, -0.05) is 30.3 Å². The van der Waals surface area contributed by atoms with Gasteiger partial charge in [-0.2, -0.15) is 0 Å². The van der Waals surface area contributed by atoms with Crippen LogP contribution in [0.15, 0.2) is 47.1 Å². The van der Waals surface area contributed by atoms with Crippen LogP contribution in [0.1, 0.15) is 18.1 Å². The normalized spacial score (nSPS) is 13.9. The Morgan fingerprint density at radius 1 is 1.32 bits per heavy atom. The predicted octanol–water partition coefficient (Wildman–Crippen LogP) is 4.72. The molecule has 0 saturated carbocycles. The fraction of sp³-hybridized carbons (Fsp3) is 0.267. The Morgan fingerprint density at radius 2 is 2.00 bits per heavy atom. The summed E-state index contributed by atoms with van der Waals surface area (Å²) in [6.07, 6.45) is 1.79. The van der Waals surface area contributed by atoms with Crippen molar-refractivity contribution < 1.29 is 0 Å². The molecule has 1 heterocycles. The van der Waals surface area contributed by atoms with Crippen molar-refractivity contribution in [3.05, 3.63) is 58.2 Å². The Bertz CT molecular complexity index is 559. The molecule has 2 rings (SSSR count). The molecule has 19 heavy (non-hydrogen) atoms. The van der Waals surface area contributed by atoms with Gasteiger partial charge >= 0.3 is 0 Å². The van der Waals surface area contributed by atoms with E-state index in [1.807, 2.05) is 31.2 Å². The van der Waals surface area contributed by atoms with Gasteiger partial charge in [0.2, 0.25) is 0 Å². The quantitative estimate of drug-likeness (QED) is 0.815. The molecule has 0 amide bonds. The summed E-state index contributed by atoms with van der Waals surface area (Å²) in [6, 6.07) is 12.2. The number of nitrogens with one attached hydrogen (secondary N) is 1. The zero-order chi connectivity index (χ0) is 13.9. The van der Waals surface area contributed by atoms with Crippen LogP contribution in [0.5, 0.6) is 0 Å². The summed E-state index contributed by atoms with van der Waals surface area (Å²) in [7, 11) is 0. The summed E-state index contributed by atoms with van der Waals surface area (Å²) in [5, 5.41) is 3.45. The summed E-state index contributed by atoms with van der Waals surface area (Å²) < 4.78 is 0.975. The molecular weight excluding hydrogens is 324 g/mol. The zero-order valence-corrected chi connectivity index (χ0v) is 13.3. The van der Waals surface area contributed by atoms with E-state index in [1.54, 1.807) is 6.20 Å². The number of aryl methyl sites for hydroxylation is 1. The van der Waals surface area contributed by atoms with Gasteiger partial charge in [0.05, 0.1) is 5.54 Å². The number of halogens is 2. The van der Waals surface area contributed by atoms with E-state index >= 15 is 0 Å². The van der Waals surface area contributed by atoms with Crippen LogP contribution in [0, 0.1) is 6.92 Å². The molecule has 0 spiro atoms. The SMILES string of the molecule is Cc1cc(Br)cnc1NC(C)(CCl)c1ccccc1. The van der Waals surface area contributed by atoms with Gasteiger partial charge in [0.1, 0.15) is 5.82 Å². The summed E-state index contributed by atoms with van der Waals surface area (Å²) >= 11 is 9.60. The Morgan fingerprint density at radius 3 is 2.58 bits per heavy atom. The maximum Gasteiger partial charge on any atom is 0.129 e. The number of hydrogen-bond donors (Lipinski definition) is 1. The Labute approximate surface area is 127 Å². The van der Waals surface area contributed by atoms with Crippen molar-refractivity contribution in [1.29, 1.82) is 0 Å². The van der Waals surface area contributed by atoms with E-state index in [0.717, 1.165) is 21.4 Å². The van der Waals surface area contributed by atoms with Gasteiger partial charge in [-0.15, -0.1) is 11.6 Å². The summed E-state index contributed by atoms with van der Waals surface area (Å²) in [5.41, 5.74) is 1.89. The van der Waals surface area contributed by atoms with Crippen molar-refractivity contribution in [2.45, 2.75) is 19.4 Å². The number of nitrogens with zero attached hydrogens (tertiary/aromatic N) is 1. The average Bonchev–Trinajstić information content (AvgIpc) is 2.43. The van der Waals surface area contributed by atoms with Crippen LogP contribution >= 0.6 is 27.5 Å². The first kappa shape index (κ1) is 14.4. The molecule has 0 aliphatic carbocycles. The highest BCUT2D eigenvalue weighted by Crippen LogP contribution is 2.28. The van der Waals surface area contributed by atoms with Crippen LogP contribution in [-0.2, 0) is 5.54 Å². The van der Waals surface area contributed by atoms with E-state index in [9.17, 15) is 0 Å². The molecule has 2 aromatic rings. The fourth-order valence-corrected chi connectivity index (χ4v) is 2.59. The summed E-state index contributed by atoms with van der Waals surface area (Å²) in [4.78, 5) is 4.42. The topological polar surface area (TPSA) is 24.9 Å². The highest BCUT2D eigenvalue weighted by molar-refractivity contribution is 9.10. The number of aromatic nitrogens is 1. The van der Waals surface area contributed by atoms with Crippen molar-refractivity contribution in [3.63, 3.8) is 0 Å². The second-order valence-electron chi connectivity index (χ2n) is 4.78. The van der Waals surface area contributed by atoms with Crippen LogP contribution in [0.25, 0.3) is 0 Å². The minimum absolute atomic E-state index is 0.339. The van der Waals surface area contributed by atoms with Gasteiger partial charge in [-0.05, 0) is 47.0 Å². The molecular formula is C15H16BrClN2. The van der Waals surface area contributed by atoms with Crippen LogP contribution in [0.4, 0.5) is 5.82 Å². The zero-order valence-electron chi connectivity index (χ0n) is 11.0. The van der Waals surface area contributed by atoms with Crippen LogP contribution in [0.2, 0.25) is 0 Å². The monoisotopic (exact) mass is 338 g/mol. The molecule has 1 N–H and O–H groups in total. The van der Waals surface area contributed by atoms with Crippen LogP contribution in [0.3, 0.4) is 0 Å².